The van der Waals surface area contributed by atoms with E-state index in [1.54, 1.807) is 11.5 Å². The molecule has 0 radical (unpaired) electrons. The number of carbonyl (C=O) groups is 2. The van der Waals surface area contributed by atoms with Gasteiger partial charge < -0.3 is 9.30 Å². The van der Waals surface area contributed by atoms with Crippen LogP contribution in [0.4, 0.5) is 0 Å². The molecule has 29 heavy (non-hydrogen) atoms. The molecule has 6 heteroatoms. The summed E-state index contributed by atoms with van der Waals surface area (Å²) in [6.45, 7) is 8.26. The highest BCUT2D eigenvalue weighted by Gasteiger charge is 2.13. The minimum absolute atomic E-state index is 0.0367. The van der Waals surface area contributed by atoms with Crippen molar-refractivity contribution in [3.05, 3.63) is 63.5 Å². The summed E-state index contributed by atoms with van der Waals surface area (Å²) in [5.74, 6) is -0.563. The van der Waals surface area contributed by atoms with Crippen molar-refractivity contribution >= 4 is 33.4 Å². The Hall–Kier alpha value is -2.73. The van der Waals surface area contributed by atoms with Crippen molar-refractivity contribution in [1.82, 2.24) is 4.57 Å². The van der Waals surface area contributed by atoms with Crippen LogP contribution < -0.4 is 4.80 Å². The van der Waals surface area contributed by atoms with Gasteiger partial charge in [0.15, 0.2) is 4.80 Å². The Balaban J connectivity index is 2.01. The van der Waals surface area contributed by atoms with E-state index in [4.69, 9.17) is 4.74 Å². The summed E-state index contributed by atoms with van der Waals surface area (Å²) >= 11 is 1.43. The molecule has 1 aromatic heterocycles. The smallest absolute Gasteiger partial charge is 0.326 e. The molecule has 0 N–H and O–H groups in total. The van der Waals surface area contributed by atoms with Gasteiger partial charge in [0, 0.05) is 0 Å². The standard InChI is InChI=1S/C23H26N2O3S/c1-5-17-8-10-19-20(12-17)29-23(25(19)14-22(27)28-6-2)24-21(26)13-18-9-7-15(3)11-16(18)4/h7-12H,5-6,13-14H2,1-4H3. The fourth-order valence-corrected chi connectivity index (χ4v) is 4.38. The first-order valence-electron chi connectivity index (χ1n) is 9.82. The van der Waals surface area contributed by atoms with Crippen LogP contribution in [-0.4, -0.2) is 23.1 Å². The molecule has 0 unspecified atom stereocenters. The second kappa shape index (κ2) is 9.18. The summed E-state index contributed by atoms with van der Waals surface area (Å²) in [6.07, 6.45) is 1.16. The lowest BCUT2D eigenvalue weighted by Gasteiger charge is -2.06. The van der Waals surface area contributed by atoms with Gasteiger partial charge >= 0.3 is 5.97 Å². The van der Waals surface area contributed by atoms with E-state index >= 15 is 0 Å². The van der Waals surface area contributed by atoms with E-state index in [2.05, 4.69) is 24.0 Å². The molecular formula is C23H26N2O3S. The molecule has 0 spiro atoms. The maximum Gasteiger partial charge on any atom is 0.326 e. The molecule has 0 aliphatic heterocycles. The Labute approximate surface area is 174 Å². The first kappa shape index (κ1) is 21.0. The minimum Gasteiger partial charge on any atom is -0.465 e. The van der Waals surface area contributed by atoms with E-state index < -0.39 is 0 Å². The number of fused-ring (bicyclic) bond motifs is 1. The van der Waals surface area contributed by atoms with Crippen LogP contribution in [0.25, 0.3) is 10.2 Å². The molecule has 5 nitrogen and oxygen atoms in total. The number of aromatic nitrogens is 1. The molecule has 0 aliphatic carbocycles. The Morgan fingerprint density at radius 1 is 1.10 bits per heavy atom. The number of rotatable bonds is 6. The Kier molecular flexibility index (Phi) is 6.64. The van der Waals surface area contributed by atoms with Gasteiger partial charge in [-0.2, -0.15) is 4.99 Å². The summed E-state index contributed by atoms with van der Waals surface area (Å²) in [7, 11) is 0. The molecule has 1 heterocycles. The zero-order valence-corrected chi connectivity index (χ0v) is 18.1. The number of amides is 1. The van der Waals surface area contributed by atoms with Crippen molar-refractivity contribution in [1.29, 1.82) is 0 Å². The number of aryl methyl sites for hydroxylation is 3. The van der Waals surface area contributed by atoms with Gasteiger partial charge in [0.25, 0.3) is 5.91 Å². The summed E-state index contributed by atoms with van der Waals surface area (Å²) in [5, 5.41) is 0. The Bertz CT molecular complexity index is 1120. The number of nitrogens with zero attached hydrogens (tertiary/aromatic N) is 2. The lowest BCUT2D eigenvalue weighted by molar-refractivity contribution is -0.143. The molecule has 0 bridgehead atoms. The quantitative estimate of drug-likeness (QED) is 0.575. The zero-order valence-electron chi connectivity index (χ0n) is 17.3. The summed E-state index contributed by atoms with van der Waals surface area (Å²) < 4.78 is 7.89. The first-order valence-corrected chi connectivity index (χ1v) is 10.6. The fraction of sp³-hybridized carbons (Fsp3) is 0.348. The highest BCUT2D eigenvalue weighted by molar-refractivity contribution is 7.16. The lowest BCUT2D eigenvalue weighted by atomic mass is 10.0. The van der Waals surface area contributed by atoms with Gasteiger partial charge in [-0.05, 0) is 56.0 Å². The SMILES string of the molecule is CCOC(=O)Cn1c(=NC(=O)Cc2ccc(C)cc2C)sc2cc(CC)ccc21. The monoisotopic (exact) mass is 410 g/mol. The second-order valence-electron chi connectivity index (χ2n) is 7.04. The summed E-state index contributed by atoms with van der Waals surface area (Å²) in [6, 6.07) is 12.2. The molecule has 3 aromatic rings. The summed E-state index contributed by atoms with van der Waals surface area (Å²) in [5.41, 5.74) is 5.31. The molecule has 3 rings (SSSR count). The fourth-order valence-electron chi connectivity index (χ4n) is 3.26. The number of hydrogen-bond donors (Lipinski definition) is 0. The molecule has 2 aromatic carbocycles. The minimum atomic E-state index is -0.338. The molecule has 1 amide bonds. The van der Waals surface area contributed by atoms with Crippen molar-refractivity contribution in [3.63, 3.8) is 0 Å². The molecule has 0 atom stereocenters. The van der Waals surface area contributed by atoms with Crippen LogP contribution in [0.1, 0.15) is 36.1 Å². The first-order chi connectivity index (χ1) is 13.9. The van der Waals surface area contributed by atoms with Crippen molar-refractivity contribution in [2.24, 2.45) is 4.99 Å². The molecule has 0 aliphatic rings. The number of esters is 1. The van der Waals surface area contributed by atoms with Crippen molar-refractivity contribution in [2.75, 3.05) is 6.61 Å². The molecule has 0 saturated heterocycles. The average Bonchev–Trinajstić information content (AvgIpc) is 3.00. The highest BCUT2D eigenvalue weighted by atomic mass is 32.1. The molecule has 152 valence electrons. The van der Waals surface area contributed by atoms with Gasteiger partial charge in [0.05, 0.1) is 23.2 Å². The van der Waals surface area contributed by atoms with E-state index in [0.717, 1.165) is 27.8 Å². The third-order valence-electron chi connectivity index (χ3n) is 4.81. The largest absolute Gasteiger partial charge is 0.465 e. The van der Waals surface area contributed by atoms with Gasteiger partial charge in [-0.15, -0.1) is 0 Å². The third kappa shape index (κ3) is 5.01. The van der Waals surface area contributed by atoms with E-state index in [-0.39, 0.29) is 24.8 Å². The van der Waals surface area contributed by atoms with Crippen molar-refractivity contribution < 1.29 is 14.3 Å². The van der Waals surface area contributed by atoms with Crippen LogP contribution in [0.3, 0.4) is 0 Å². The van der Waals surface area contributed by atoms with E-state index in [1.165, 1.54) is 22.5 Å². The van der Waals surface area contributed by atoms with Crippen molar-refractivity contribution in [3.8, 4) is 0 Å². The predicted molar refractivity (Wildman–Crippen MR) is 116 cm³/mol. The maximum atomic E-state index is 12.7. The van der Waals surface area contributed by atoms with E-state index in [1.807, 2.05) is 38.1 Å². The molecule has 0 saturated carbocycles. The number of benzene rings is 2. The lowest BCUT2D eigenvalue weighted by Crippen LogP contribution is -2.23. The molecule has 0 fully saturated rings. The predicted octanol–water partition coefficient (Wildman–Crippen LogP) is 4.12. The van der Waals surface area contributed by atoms with Gasteiger partial charge in [-0.3, -0.25) is 9.59 Å². The van der Waals surface area contributed by atoms with Crippen LogP contribution >= 0.6 is 11.3 Å². The van der Waals surface area contributed by atoms with Gasteiger partial charge in [0.2, 0.25) is 0 Å². The van der Waals surface area contributed by atoms with E-state index in [0.29, 0.717) is 11.4 Å². The topological polar surface area (TPSA) is 60.7 Å². The van der Waals surface area contributed by atoms with Crippen LogP contribution in [-0.2, 0) is 33.7 Å². The van der Waals surface area contributed by atoms with Crippen molar-refractivity contribution in [2.45, 2.75) is 47.1 Å². The van der Waals surface area contributed by atoms with Crippen LogP contribution in [0.5, 0.6) is 0 Å². The van der Waals surface area contributed by atoms with Crippen LogP contribution in [0, 0.1) is 13.8 Å². The zero-order chi connectivity index (χ0) is 21.0. The highest BCUT2D eigenvalue weighted by Crippen LogP contribution is 2.20. The number of thiazole rings is 1. The van der Waals surface area contributed by atoms with Gasteiger partial charge in [0.1, 0.15) is 6.54 Å². The Morgan fingerprint density at radius 3 is 2.59 bits per heavy atom. The van der Waals surface area contributed by atoms with Gasteiger partial charge in [-0.25, -0.2) is 0 Å². The van der Waals surface area contributed by atoms with Gasteiger partial charge in [-0.1, -0.05) is 48.1 Å². The number of ether oxygens (including phenoxy) is 1. The Morgan fingerprint density at radius 2 is 1.90 bits per heavy atom. The second-order valence-corrected chi connectivity index (χ2v) is 8.05. The maximum absolute atomic E-state index is 12.7. The normalized spacial score (nSPS) is 11.8. The molecular weight excluding hydrogens is 384 g/mol. The number of carbonyl (C=O) groups excluding carboxylic acids is 2. The van der Waals surface area contributed by atoms with Crippen LogP contribution in [0.15, 0.2) is 41.4 Å². The third-order valence-corrected chi connectivity index (χ3v) is 5.85. The van der Waals surface area contributed by atoms with E-state index in [9.17, 15) is 9.59 Å². The van der Waals surface area contributed by atoms with Crippen LogP contribution in [0.2, 0.25) is 0 Å². The number of hydrogen-bond acceptors (Lipinski definition) is 4. The average molecular weight is 411 g/mol. The summed E-state index contributed by atoms with van der Waals surface area (Å²) in [4.78, 5) is 29.7.